The second-order valence-corrected chi connectivity index (χ2v) is 9.40. The van der Waals surface area contributed by atoms with Crippen LogP contribution in [0, 0.1) is 11.8 Å². The van der Waals surface area contributed by atoms with Crippen LogP contribution in [0.2, 0.25) is 0 Å². The molecule has 0 aromatic heterocycles. The molecule has 0 bridgehead atoms. The Kier molecular flexibility index (Phi) is 6.98. The van der Waals surface area contributed by atoms with Crippen LogP contribution in [0.5, 0.6) is 0 Å². The van der Waals surface area contributed by atoms with Crippen molar-refractivity contribution in [2.45, 2.75) is 50.0 Å². The van der Waals surface area contributed by atoms with Crippen LogP contribution in [0.15, 0.2) is 54.6 Å². The summed E-state index contributed by atoms with van der Waals surface area (Å²) in [5, 5.41) is 3.31. The van der Waals surface area contributed by atoms with Crippen molar-refractivity contribution in [2.75, 3.05) is 13.7 Å². The zero-order valence-electron chi connectivity index (χ0n) is 19.1. The molecule has 5 nitrogen and oxygen atoms in total. The van der Waals surface area contributed by atoms with Crippen LogP contribution < -0.4 is 5.32 Å². The summed E-state index contributed by atoms with van der Waals surface area (Å²) >= 11 is 0. The van der Waals surface area contributed by atoms with Gasteiger partial charge in [0.2, 0.25) is 5.91 Å². The van der Waals surface area contributed by atoms with Crippen molar-refractivity contribution in [3.8, 4) is 0 Å². The van der Waals surface area contributed by atoms with Crippen molar-refractivity contribution in [2.24, 2.45) is 11.8 Å². The number of halogens is 3. The van der Waals surface area contributed by atoms with Gasteiger partial charge in [-0.3, -0.25) is 14.5 Å². The molecule has 3 aliphatic rings. The predicted molar refractivity (Wildman–Crippen MR) is 120 cm³/mol. The highest BCUT2D eigenvalue weighted by molar-refractivity contribution is 5.83. The molecule has 1 aliphatic heterocycles. The van der Waals surface area contributed by atoms with E-state index in [-0.39, 0.29) is 17.5 Å². The summed E-state index contributed by atoms with van der Waals surface area (Å²) in [7, 11) is 1.31. The van der Waals surface area contributed by atoms with Crippen LogP contribution in [-0.4, -0.2) is 37.0 Å². The first-order chi connectivity index (χ1) is 16.3. The van der Waals surface area contributed by atoms with Gasteiger partial charge in [-0.2, -0.15) is 13.2 Å². The molecule has 3 fully saturated rings. The fraction of sp³-hybridized carbons (Fsp3) is 0.462. The summed E-state index contributed by atoms with van der Waals surface area (Å²) in [6, 6.07) is 15.2. The van der Waals surface area contributed by atoms with Gasteiger partial charge in [0, 0.05) is 13.1 Å². The van der Waals surface area contributed by atoms with Gasteiger partial charge < -0.3 is 10.1 Å². The van der Waals surface area contributed by atoms with E-state index in [4.69, 9.17) is 4.79 Å². The molecular formula is C26H29F3N2O3. The van der Waals surface area contributed by atoms with E-state index in [9.17, 15) is 18.0 Å². The highest BCUT2D eigenvalue weighted by Crippen LogP contribution is 2.49. The zero-order valence-corrected chi connectivity index (χ0v) is 19.1. The lowest BCUT2D eigenvalue weighted by molar-refractivity contribution is -0.137. The molecule has 34 heavy (non-hydrogen) atoms. The van der Waals surface area contributed by atoms with E-state index in [2.05, 4.69) is 27.1 Å². The lowest BCUT2D eigenvalue weighted by Gasteiger charge is -2.35. The van der Waals surface area contributed by atoms with E-state index in [0.717, 1.165) is 55.5 Å². The number of carbonyl (C=O) groups excluding carboxylic acids is 2. The van der Waals surface area contributed by atoms with Gasteiger partial charge in [0.25, 0.3) is 6.47 Å². The van der Waals surface area contributed by atoms with Crippen molar-refractivity contribution in [1.82, 2.24) is 10.2 Å². The first-order valence-corrected chi connectivity index (χ1v) is 11.5. The van der Waals surface area contributed by atoms with Crippen LogP contribution in [-0.2, 0) is 32.6 Å². The van der Waals surface area contributed by atoms with Crippen LogP contribution in [0.3, 0.4) is 0 Å². The number of piperidine rings is 1. The van der Waals surface area contributed by atoms with E-state index >= 15 is 0 Å². The maximum absolute atomic E-state index is 13.3. The average molecular weight is 475 g/mol. The van der Waals surface area contributed by atoms with Crippen LogP contribution in [0.25, 0.3) is 0 Å². The molecule has 3 unspecified atom stereocenters. The third kappa shape index (κ3) is 5.60. The minimum atomic E-state index is -4.33. The highest BCUT2D eigenvalue weighted by atomic mass is 19.4. The third-order valence-corrected chi connectivity index (χ3v) is 7.01. The number of amides is 1. The van der Waals surface area contributed by atoms with Gasteiger partial charge in [-0.05, 0) is 60.8 Å². The van der Waals surface area contributed by atoms with Crippen molar-refractivity contribution < 1.29 is 27.5 Å². The summed E-state index contributed by atoms with van der Waals surface area (Å²) in [6.07, 6.45) is -0.455. The maximum Gasteiger partial charge on any atom is 0.416 e. The molecule has 5 rings (SSSR count). The van der Waals surface area contributed by atoms with Crippen molar-refractivity contribution >= 4 is 12.4 Å². The maximum atomic E-state index is 13.3. The number of carbonyl (C=O) groups is 2. The quantitative estimate of drug-likeness (QED) is 0.626. The van der Waals surface area contributed by atoms with Crippen LogP contribution >= 0.6 is 0 Å². The Morgan fingerprint density at radius 1 is 1.09 bits per heavy atom. The van der Waals surface area contributed by atoms with Crippen LogP contribution in [0.1, 0.15) is 42.4 Å². The number of alkyl halides is 3. The standard InChI is InChI=1S/C24H25F3N2O.C2H4O2/c25-24(26,27)20-8-6-16(7-9-20)14-29-15-18-12-17(18)13-21(29)22(30)28-23(10-11-23)19-4-2-1-3-5-19;1-4-2-3/h1-9,17-18,21H,10-15H2,(H,28,30);2H,1H3. The molecule has 2 aliphatic carbocycles. The highest BCUT2D eigenvalue weighted by Gasteiger charge is 2.51. The Morgan fingerprint density at radius 3 is 2.29 bits per heavy atom. The zero-order chi connectivity index (χ0) is 24.3. The fourth-order valence-corrected chi connectivity index (χ4v) is 4.86. The molecule has 0 spiro atoms. The number of methoxy groups -OCH3 is 1. The smallest absolute Gasteiger partial charge is 0.416 e. The second-order valence-electron chi connectivity index (χ2n) is 9.40. The molecule has 3 atom stereocenters. The minimum Gasteiger partial charge on any atom is -0.471 e. The largest absolute Gasteiger partial charge is 0.471 e. The Bertz CT molecular complexity index is 991. The number of hydrogen-bond acceptors (Lipinski definition) is 4. The topological polar surface area (TPSA) is 58.6 Å². The average Bonchev–Trinajstić information content (AvgIpc) is 3.75. The molecule has 2 aromatic carbocycles. The van der Waals surface area contributed by atoms with Crippen molar-refractivity contribution in [3.05, 3.63) is 71.3 Å². The number of hydrogen-bond donors (Lipinski definition) is 1. The summed E-state index contributed by atoms with van der Waals surface area (Å²) in [4.78, 5) is 24.4. The van der Waals surface area contributed by atoms with Gasteiger partial charge in [-0.1, -0.05) is 42.5 Å². The van der Waals surface area contributed by atoms with Crippen LogP contribution in [0.4, 0.5) is 13.2 Å². The van der Waals surface area contributed by atoms with Gasteiger partial charge >= 0.3 is 6.18 Å². The molecule has 1 heterocycles. The first-order valence-electron chi connectivity index (χ1n) is 11.5. The molecule has 182 valence electrons. The predicted octanol–water partition coefficient (Wildman–Crippen LogP) is 4.51. The van der Waals surface area contributed by atoms with E-state index in [1.165, 1.54) is 19.2 Å². The van der Waals surface area contributed by atoms with Gasteiger partial charge in [0.05, 0.1) is 24.3 Å². The Labute approximate surface area is 197 Å². The summed E-state index contributed by atoms with van der Waals surface area (Å²) in [5.41, 5.74) is 1.07. The minimum absolute atomic E-state index is 0.0496. The van der Waals surface area contributed by atoms with E-state index in [0.29, 0.717) is 24.9 Å². The number of fused-ring (bicyclic) bond motifs is 1. The lowest BCUT2D eigenvalue weighted by atomic mass is 9.98. The summed E-state index contributed by atoms with van der Waals surface area (Å²) in [5.74, 6) is 1.28. The molecule has 2 saturated carbocycles. The molecule has 1 N–H and O–H groups in total. The van der Waals surface area contributed by atoms with Gasteiger partial charge in [0.1, 0.15) is 0 Å². The lowest BCUT2D eigenvalue weighted by Crippen LogP contribution is -2.52. The van der Waals surface area contributed by atoms with Gasteiger partial charge in [-0.25, -0.2) is 0 Å². The second kappa shape index (κ2) is 9.78. The number of rotatable bonds is 6. The van der Waals surface area contributed by atoms with E-state index in [1.54, 1.807) is 0 Å². The van der Waals surface area contributed by atoms with E-state index in [1.807, 2.05) is 18.2 Å². The van der Waals surface area contributed by atoms with Crippen molar-refractivity contribution in [1.29, 1.82) is 0 Å². The fourth-order valence-electron chi connectivity index (χ4n) is 4.86. The SMILES string of the molecule is COC=O.O=C(NC1(c2ccccc2)CC1)C1CC2CC2CN1Cc1ccc(C(F)(F)F)cc1. The number of likely N-dealkylation sites (tertiary alicyclic amines) is 1. The Morgan fingerprint density at radius 2 is 1.74 bits per heavy atom. The normalized spacial score (nSPS) is 24.6. The number of nitrogens with one attached hydrogen (secondary N) is 1. The van der Waals surface area contributed by atoms with Crippen molar-refractivity contribution in [3.63, 3.8) is 0 Å². The first kappa shape index (κ1) is 24.3. The number of ether oxygens (including phenoxy) is 1. The summed E-state index contributed by atoms with van der Waals surface area (Å²) < 4.78 is 42.4. The Hall–Kier alpha value is -2.87. The van der Waals surface area contributed by atoms with Gasteiger partial charge in [0.15, 0.2) is 0 Å². The number of nitrogens with zero attached hydrogens (tertiary/aromatic N) is 1. The summed E-state index contributed by atoms with van der Waals surface area (Å²) in [6.45, 7) is 1.71. The third-order valence-electron chi connectivity index (χ3n) is 7.01. The Balaban J connectivity index is 0.000000636. The molecule has 1 amide bonds. The molecule has 2 aromatic rings. The number of benzene rings is 2. The molecule has 0 radical (unpaired) electrons. The van der Waals surface area contributed by atoms with Gasteiger partial charge in [-0.15, -0.1) is 0 Å². The monoisotopic (exact) mass is 474 g/mol. The van der Waals surface area contributed by atoms with E-state index < -0.39 is 11.7 Å². The molecule has 8 heteroatoms. The molecule has 1 saturated heterocycles. The molecular weight excluding hydrogens is 445 g/mol.